The van der Waals surface area contributed by atoms with E-state index in [9.17, 15) is 26.7 Å². The summed E-state index contributed by atoms with van der Waals surface area (Å²) in [6, 6.07) is 3.33. The zero-order chi connectivity index (χ0) is 25.2. The van der Waals surface area contributed by atoms with E-state index in [4.69, 9.17) is 15.2 Å². The Bertz CT molecular complexity index is 1290. The van der Waals surface area contributed by atoms with Crippen molar-refractivity contribution in [2.75, 3.05) is 7.11 Å². The number of methoxy groups -OCH3 is 1. The SMILES string of the molecule is COc1c([C@H]2[C@H](c3nc4cc(C(N)=O)ncc4n3C)O[C@@](C)(C(F)(F)F)[C@H]2C)ccc(F)c1F. The summed E-state index contributed by atoms with van der Waals surface area (Å²) in [5, 5.41) is 0. The van der Waals surface area contributed by atoms with E-state index < -0.39 is 53.0 Å². The first kappa shape index (κ1) is 23.9. The fourth-order valence-corrected chi connectivity index (χ4v) is 4.53. The highest BCUT2D eigenvalue weighted by atomic mass is 19.4. The molecule has 7 nitrogen and oxygen atoms in total. The zero-order valence-corrected chi connectivity index (χ0v) is 18.6. The van der Waals surface area contributed by atoms with Crippen molar-refractivity contribution in [3.8, 4) is 5.75 Å². The fourth-order valence-electron chi connectivity index (χ4n) is 4.53. The van der Waals surface area contributed by atoms with Crippen molar-refractivity contribution in [1.82, 2.24) is 14.5 Å². The lowest BCUT2D eigenvalue weighted by Gasteiger charge is -2.32. The average Bonchev–Trinajstić information content (AvgIpc) is 3.24. The van der Waals surface area contributed by atoms with E-state index in [0.717, 1.165) is 20.1 Å². The van der Waals surface area contributed by atoms with Gasteiger partial charge in [-0.2, -0.15) is 17.6 Å². The number of primary amides is 1. The van der Waals surface area contributed by atoms with E-state index in [1.54, 1.807) is 7.05 Å². The number of alkyl halides is 3. The molecule has 2 N–H and O–H groups in total. The first-order chi connectivity index (χ1) is 15.8. The summed E-state index contributed by atoms with van der Waals surface area (Å²) in [5.74, 6) is -6.09. The number of amides is 1. The monoisotopic (exact) mass is 484 g/mol. The summed E-state index contributed by atoms with van der Waals surface area (Å²) in [5.41, 5.74) is 3.24. The van der Waals surface area contributed by atoms with E-state index in [-0.39, 0.29) is 22.6 Å². The summed E-state index contributed by atoms with van der Waals surface area (Å²) in [7, 11) is 2.65. The number of imidazole rings is 1. The molecule has 1 aliphatic heterocycles. The van der Waals surface area contributed by atoms with Crippen LogP contribution < -0.4 is 10.5 Å². The van der Waals surface area contributed by atoms with Gasteiger partial charge in [-0.05, 0) is 19.1 Å². The summed E-state index contributed by atoms with van der Waals surface area (Å²) < 4.78 is 83.1. The second-order valence-electron chi connectivity index (χ2n) is 8.39. The van der Waals surface area contributed by atoms with Crippen molar-refractivity contribution < 1.29 is 36.2 Å². The van der Waals surface area contributed by atoms with Crippen LogP contribution in [0.15, 0.2) is 24.4 Å². The molecule has 34 heavy (non-hydrogen) atoms. The molecular formula is C22H21F5N4O3. The van der Waals surface area contributed by atoms with Crippen molar-refractivity contribution in [3.63, 3.8) is 0 Å². The molecule has 0 radical (unpaired) electrons. The number of carbonyl (C=O) groups excluding carboxylic acids is 1. The maximum absolute atomic E-state index is 14.5. The molecular weight excluding hydrogens is 463 g/mol. The molecule has 1 aromatic carbocycles. The summed E-state index contributed by atoms with van der Waals surface area (Å²) in [6.07, 6.45) is -4.79. The van der Waals surface area contributed by atoms with Crippen LogP contribution in [0.3, 0.4) is 0 Å². The number of ether oxygens (including phenoxy) is 2. The minimum atomic E-state index is -4.78. The zero-order valence-electron chi connectivity index (χ0n) is 18.6. The number of hydrogen-bond acceptors (Lipinski definition) is 5. The van der Waals surface area contributed by atoms with Gasteiger partial charge in [0.05, 0.1) is 24.3 Å². The highest BCUT2D eigenvalue weighted by molar-refractivity contribution is 5.93. The lowest BCUT2D eigenvalue weighted by Crippen LogP contribution is -2.46. The predicted molar refractivity (Wildman–Crippen MR) is 110 cm³/mol. The van der Waals surface area contributed by atoms with E-state index in [0.29, 0.717) is 5.52 Å². The smallest absolute Gasteiger partial charge is 0.417 e. The summed E-state index contributed by atoms with van der Waals surface area (Å²) in [4.78, 5) is 19.8. The molecule has 0 saturated carbocycles. The van der Waals surface area contributed by atoms with Crippen LogP contribution in [-0.4, -0.2) is 39.3 Å². The van der Waals surface area contributed by atoms with E-state index in [1.165, 1.54) is 29.8 Å². The van der Waals surface area contributed by atoms with Crippen LogP contribution in [0.25, 0.3) is 11.0 Å². The van der Waals surface area contributed by atoms with Gasteiger partial charge < -0.3 is 19.8 Å². The number of halogens is 5. The van der Waals surface area contributed by atoms with Crippen LogP contribution in [0.4, 0.5) is 22.0 Å². The van der Waals surface area contributed by atoms with Crippen LogP contribution in [0, 0.1) is 17.6 Å². The molecule has 2 aromatic heterocycles. The molecule has 0 unspecified atom stereocenters. The maximum atomic E-state index is 14.5. The number of carbonyl (C=O) groups is 1. The lowest BCUT2D eigenvalue weighted by molar-refractivity contribution is -0.275. The molecule has 3 heterocycles. The Balaban J connectivity index is 1.95. The molecule has 0 bridgehead atoms. The number of nitrogens with zero attached hydrogens (tertiary/aromatic N) is 3. The van der Waals surface area contributed by atoms with Crippen molar-refractivity contribution in [2.24, 2.45) is 18.7 Å². The molecule has 1 aliphatic rings. The Kier molecular flexibility index (Phi) is 5.54. The summed E-state index contributed by atoms with van der Waals surface area (Å²) >= 11 is 0. The van der Waals surface area contributed by atoms with Gasteiger partial charge in [0.2, 0.25) is 5.82 Å². The Labute approximate surface area is 190 Å². The molecule has 4 rings (SSSR count). The van der Waals surface area contributed by atoms with Gasteiger partial charge in [-0.25, -0.2) is 14.4 Å². The Morgan fingerprint density at radius 3 is 2.56 bits per heavy atom. The van der Waals surface area contributed by atoms with Crippen molar-refractivity contribution >= 4 is 16.9 Å². The van der Waals surface area contributed by atoms with Crippen LogP contribution in [0.2, 0.25) is 0 Å². The van der Waals surface area contributed by atoms with Crippen LogP contribution in [0.1, 0.15) is 47.7 Å². The Hall–Kier alpha value is -3.28. The first-order valence-corrected chi connectivity index (χ1v) is 10.2. The largest absolute Gasteiger partial charge is 0.493 e. The van der Waals surface area contributed by atoms with Crippen molar-refractivity contribution in [1.29, 1.82) is 0 Å². The Morgan fingerprint density at radius 2 is 1.97 bits per heavy atom. The molecule has 1 fully saturated rings. The lowest BCUT2D eigenvalue weighted by atomic mass is 9.77. The molecule has 12 heteroatoms. The molecule has 0 aliphatic carbocycles. The molecule has 0 spiro atoms. The topological polar surface area (TPSA) is 92.3 Å². The number of aromatic nitrogens is 3. The maximum Gasteiger partial charge on any atom is 0.417 e. The third-order valence-electron chi connectivity index (χ3n) is 6.62. The fraction of sp³-hybridized carbons (Fsp3) is 0.409. The van der Waals surface area contributed by atoms with Gasteiger partial charge in [0.15, 0.2) is 17.2 Å². The number of benzene rings is 1. The highest BCUT2D eigenvalue weighted by Gasteiger charge is 2.65. The predicted octanol–water partition coefficient (Wildman–Crippen LogP) is 4.17. The normalized spacial score (nSPS) is 25.1. The number of fused-ring (bicyclic) bond motifs is 1. The van der Waals surface area contributed by atoms with Crippen molar-refractivity contribution in [3.05, 3.63) is 53.1 Å². The Morgan fingerprint density at radius 1 is 1.29 bits per heavy atom. The molecule has 3 aromatic rings. The second kappa shape index (κ2) is 7.90. The minimum absolute atomic E-state index is 0.00915. The summed E-state index contributed by atoms with van der Waals surface area (Å²) in [6.45, 7) is 2.24. The van der Waals surface area contributed by atoms with Gasteiger partial charge in [-0.3, -0.25) is 4.79 Å². The third-order valence-corrected chi connectivity index (χ3v) is 6.62. The van der Waals surface area contributed by atoms with Gasteiger partial charge in [0.25, 0.3) is 5.91 Å². The number of hydrogen-bond donors (Lipinski definition) is 1. The van der Waals surface area contributed by atoms with Crippen molar-refractivity contribution in [2.45, 2.75) is 37.6 Å². The standard InChI is InChI=1S/C22H21F5N4O3/c1-9-15(10-5-6-11(23)16(24)17(10)33-4)18(34-21(9,2)22(25,26)27)20-30-12-7-13(19(28)32)29-8-14(12)31(20)3/h5-9,15,18H,1-4H3,(H2,28,32)/t9-,15-,18+,21+/m0/s1. The van der Waals surface area contributed by atoms with Crippen LogP contribution in [-0.2, 0) is 11.8 Å². The van der Waals surface area contributed by atoms with E-state index in [2.05, 4.69) is 9.97 Å². The van der Waals surface area contributed by atoms with Gasteiger partial charge in [-0.15, -0.1) is 0 Å². The van der Waals surface area contributed by atoms with E-state index >= 15 is 0 Å². The van der Waals surface area contributed by atoms with Crippen LogP contribution in [0.5, 0.6) is 5.75 Å². The minimum Gasteiger partial charge on any atom is -0.493 e. The molecule has 4 atom stereocenters. The van der Waals surface area contributed by atoms with Gasteiger partial charge in [-0.1, -0.05) is 13.0 Å². The van der Waals surface area contributed by atoms with E-state index in [1.807, 2.05) is 0 Å². The van der Waals surface area contributed by atoms with Gasteiger partial charge in [0, 0.05) is 24.4 Å². The van der Waals surface area contributed by atoms with Gasteiger partial charge in [0.1, 0.15) is 17.6 Å². The number of aryl methyl sites for hydroxylation is 1. The number of nitrogens with two attached hydrogens (primary N) is 1. The molecule has 182 valence electrons. The number of pyridine rings is 1. The molecule has 1 saturated heterocycles. The average molecular weight is 484 g/mol. The molecule has 1 amide bonds. The van der Waals surface area contributed by atoms with Crippen LogP contribution >= 0.6 is 0 Å². The second-order valence-corrected chi connectivity index (χ2v) is 8.39. The first-order valence-electron chi connectivity index (χ1n) is 10.2. The number of rotatable bonds is 4. The van der Waals surface area contributed by atoms with Gasteiger partial charge >= 0.3 is 6.18 Å². The quantitative estimate of drug-likeness (QED) is 0.562. The third kappa shape index (κ3) is 3.39. The highest BCUT2D eigenvalue weighted by Crippen LogP contribution is 2.59.